The summed E-state index contributed by atoms with van der Waals surface area (Å²) in [5, 5.41) is 29.8. The van der Waals surface area contributed by atoms with Gasteiger partial charge in [-0.1, -0.05) is 109 Å². The summed E-state index contributed by atoms with van der Waals surface area (Å²) in [5.74, 6) is 0. The Morgan fingerprint density at radius 1 is 0.532 bits per heavy atom. The van der Waals surface area contributed by atoms with E-state index in [1.54, 1.807) is 37.6 Å². The predicted molar refractivity (Wildman–Crippen MR) is 404 cm³/mol. The second kappa shape index (κ2) is 44.6. The first-order valence-electron chi connectivity index (χ1n) is 34.8. The van der Waals surface area contributed by atoms with Gasteiger partial charge in [0.2, 0.25) is 10.0 Å². The number of aryl methyl sites for hydroxylation is 4. The molecule has 0 fully saturated rings. The number of hydrogen-bond acceptors (Lipinski definition) is 16. The van der Waals surface area contributed by atoms with Crippen molar-refractivity contribution in [2.45, 2.75) is 182 Å². The SMILES string of the molecule is CC(C)=C1CC=C(CO)CC1.CC(C)=C1CC=C(COC(=O)Cl)CC1.CC(C)=C1CC=C(COC(=O)N(C(=O)OCC2=CCC(=C(C)C)CC2)S(=O)(=O)c2ccc(-n3nc(C(F)(F)F)cc3-c3cc(C)ccc3C)cc2)CC1.Cc1ccc(C)c(-c2cc(C(F)(F)F)nn2-c2ccc(S(N)(=O)=O)cc2)c1.O=CO[O-].[H-].[K+].[K+]. The maximum Gasteiger partial charge on any atom is 1.00 e. The molecule has 3 N–H and O–H groups in total. The van der Waals surface area contributed by atoms with Crippen LogP contribution in [0.1, 0.15) is 168 Å². The van der Waals surface area contributed by atoms with Gasteiger partial charge in [-0.05, 0) is 266 Å². The Hall–Kier alpha value is -6.18. The predicted octanol–water partition coefficient (Wildman–Crippen LogP) is 12.9. The molecule has 4 aromatic carbocycles. The summed E-state index contributed by atoms with van der Waals surface area (Å²) in [6, 6.07) is 22.6. The number of allylic oxidation sites excluding steroid dienone is 12. The van der Waals surface area contributed by atoms with Gasteiger partial charge in [0.15, 0.2) is 11.4 Å². The van der Waals surface area contributed by atoms with Crippen LogP contribution in [0.4, 0.5) is 40.7 Å². The number of aromatic nitrogens is 4. The average Bonchev–Trinajstić information content (AvgIpc) is 1.70. The molecule has 4 aliphatic rings. The van der Waals surface area contributed by atoms with Gasteiger partial charge in [0, 0.05) is 22.7 Å². The van der Waals surface area contributed by atoms with E-state index in [9.17, 15) is 57.6 Å². The third-order valence-electron chi connectivity index (χ3n) is 18.4. The molecule has 0 saturated carbocycles. The van der Waals surface area contributed by atoms with Crippen molar-refractivity contribution >= 4 is 55.7 Å². The van der Waals surface area contributed by atoms with Gasteiger partial charge < -0.3 is 30.9 Å². The van der Waals surface area contributed by atoms with Crippen LogP contribution >= 0.6 is 11.6 Å². The van der Waals surface area contributed by atoms with Crippen LogP contribution in [0.2, 0.25) is 0 Å². The number of halogens is 7. The number of ether oxygens (including phenoxy) is 3. The van der Waals surface area contributed by atoms with Gasteiger partial charge in [0.05, 0.1) is 39.2 Å². The van der Waals surface area contributed by atoms with Crippen molar-refractivity contribution in [1.82, 2.24) is 23.9 Å². The van der Waals surface area contributed by atoms with Crippen LogP contribution in [0.5, 0.6) is 0 Å². The first-order valence-corrected chi connectivity index (χ1v) is 38.1. The molecule has 0 aliphatic heterocycles. The minimum Gasteiger partial charge on any atom is -1.00 e. The average molecular weight is 1650 g/mol. The summed E-state index contributed by atoms with van der Waals surface area (Å²) in [5.41, 5.74) is 17.0. The Labute approximate surface area is 737 Å². The molecule has 590 valence electrons. The van der Waals surface area contributed by atoms with Crippen LogP contribution < -0.4 is 113 Å². The quantitative estimate of drug-likeness (QED) is 0.0141. The maximum absolute atomic E-state index is 14.0. The third kappa shape index (κ3) is 29.3. The smallest absolute Gasteiger partial charge is 1.00 e. The maximum atomic E-state index is 14.0. The summed E-state index contributed by atoms with van der Waals surface area (Å²) < 4.78 is 150. The molecule has 20 nitrogen and oxygen atoms in total. The van der Waals surface area contributed by atoms with Crippen LogP contribution in [-0.4, -0.2) is 96.3 Å². The normalized spacial score (nSPS) is 14.2. The Bertz CT molecular complexity index is 4740. The Balaban J connectivity index is 0.000000452. The molecule has 2 aromatic heterocycles. The fourth-order valence-corrected chi connectivity index (χ4v) is 13.6. The van der Waals surface area contributed by atoms with Gasteiger partial charge in [-0.15, -0.1) is 0 Å². The summed E-state index contributed by atoms with van der Waals surface area (Å²) in [6.45, 7) is 23.9. The molecule has 10 rings (SSSR count). The molecule has 0 unspecified atom stereocenters. The number of hydrogen-bond donors (Lipinski definition) is 2. The van der Waals surface area contributed by atoms with Crippen molar-refractivity contribution < 1.29 is 196 Å². The van der Waals surface area contributed by atoms with Gasteiger partial charge in [0.1, 0.15) is 19.8 Å². The van der Waals surface area contributed by atoms with E-state index in [4.69, 9.17) is 46.1 Å². The molecular weight excluding hydrogens is 1560 g/mol. The number of nitrogens with zero attached hydrogens (tertiary/aromatic N) is 5. The van der Waals surface area contributed by atoms with E-state index in [0.717, 1.165) is 113 Å². The van der Waals surface area contributed by atoms with E-state index in [-0.39, 0.29) is 162 Å². The largest absolute Gasteiger partial charge is 1.00 e. The number of carbonyl (C=O) groups excluding carboxylic acids is 4. The second-order valence-electron chi connectivity index (χ2n) is 27.3. The minimum absolute atomic E-state index is 0. The number of amides is 2. The number of alkyl halides is 6. The van der Waals surface area contributed by atoms with Crippen LogP contribution in [0.3, 0.4) is 0 Å². The molecule has 0 bridgehead atoms. The Morgan fingerprint density at radius 2 is 0.847 bits per heavy atom. The number of sulfonamides is 2. The first-order chi connectivity index (χ1) is 51.2. The fraction of sp³-hybridized carbons (Fsp3) is 0.375. The van der Waals surface area contributed by atoms with Crippen molar-refractivity contribution in [1.29, 1.82) is 0 Å². The van der Waals surface area contributed by atoms with Crippen LogP contribution in [0.15, 0.2) is 198 Å². The molecule has 0 radical (unpaired) electrons. The van der Waals surface area contributed by atoms with Gasteiger partial charge in [-0.25, -0.2) is 45.7 Å². The number of imide groups is 1. The standard InChI is InChI=1S/C40H44F3N3O6S.C18H16F3N3O2S.C11H15ClO2.C10H16O.CH2O3.2K.H/c1-25(2)31-13-9-29(10-14-31)23-51-38(47)46(39(48)52-24-30-11-15-32(16-12-30)26(3)4)53(49,50)34-19-17-33(18-20-34)45-36(22-37(44-45)40(41,42)43)35-21-27(5)7-8-28(35)6;1-11-3-4-12(2)15(9-11)16-10-17(18(19,20)21)23-24(16)13-5-7-14(8-6-13)27(22,25)26;1-8(2)10-5-3-9(4-6-10)7-14-11(12)13;1-8(2)10-5-3-9(7-11)4-6-10;2-1-4-3;;;/h7-9,11,17-22H,10,12-16,23-24H2,1-6H3;3-10H,1-2H3,(H2,22,25,26);3H,4-7H2,1-2H3;3,11H,4-7H2,1-2H3;1,3H;;;/q;;;;;2*+1;-1/p-1. The monoisotopic (exact) mass is 1650 g/mol. The summed E-state index contributed by atoms with van der Waals surface area (Å²) in [7, 11) is -8.82. The number of aliphatic hydroxyl groups excluding tert-OH is 1. The van der Waals surface area contributed by atoms with Crippen molar-refractivity contribution in [2.75, 3.05) is 26.4 Å². The fourth-order valence-electron chi connectivity index (χ4n) is 11.8. The number of primary sulfonamides is 1. The van der Waals surface area contributed by atoms with Gasteiger partial charge >= 0.3 is 133 Å². The zero-order valence-electron chi connectivity index (χ0n) is 66.0. The molecule has 0 atom stereocenters. The van der Waals surface area contributed by atoms with Crippen LogP contribution in [-0.2, 0) is 56.3 Å². The third-order valence-corrected chi connectivity index (χ3v) is 21.1. The van der Waals surface area contributed by atoms with Crippen molar-refractivity contribution in [3.05, 3.63) is 222 Å². The second-order valence-corrected chi connectivity index (χ2v) is 30.9. The molecule has 111 heavy (non-hydrogen) atoms. The Morgan fingerprint density at radius 3 is 1.12 bits per heavy atom. The van der Waals surface area contributed by atoms with E-state index in [1.807, 2.05) is 71.9 Å². The zero-order valence-corrected chi connectivity index (χ0v) is 73.6. The van der Waals surface area contributed by atoms with E-state index in [2.05, 4.69) is 54.9 Å². The number of carbonyl (C=O) groups is 4. The van der Waals surface area contributed by atoms with E-state index >= 15 is 0 Å². The Kier molecular flexibility index (Phi) is 39.1. The summed E-state index contributed by atoms with van der Waals surface area (Å²) in [4.78, 5) is 48.0. The molecule has 0 saturated heterocycles. The van der Waals surface area contributed by atoms with Gasteiger partial charge in [0.25, 0.3) is 16.5 Å². The van der Waals surface area contributed by atoms with Crippen molar-refractivity contribution in [2.24, 2.45) is 5.14 Å². The zero-order chi connectivity index (χ0) is 80.9. The molecule has 6 aromatic rings. The van der Waals surface area contributed by atoms with Crippen molar-refractivity contribution in [3.8, 4) is 33.9 Å². The van der Waals surface area contributed by atoms with E-state index < -0.39 is 66.3 Å². The summed E-state index contributed by atoms with van der Waals surface area (Å²) in [6.07, 6.45) is 6.35. The minimum atomic E-state index is -4.92. The topological polar surface area (TPSA) is 282 Å². The molecule has 2 amide bonds. The van der Waals surface area contributed by atoms with Crippen molar-refractivity contribution in [3.63, 3.8) is 0 Å². The van der Waals surface area contributed by atoms with E-state index in [1.165, 1.54) is 86.6 Å². The first kappa shape index (κ1) is 97.2. The van der Waals surface area contributed by atoms with Gasteiger partial charge in [-0.3, -0.25) is 4.79 Å². The molecule has 0 spiro atoms. The molecule has 2 heterocycles. The molecule has 31 heteroatoms. The summed E-state index contributed by atoms with van der Waals surface area (Å²) >= 11 is 5.08. The molecular formula is C80H93ClF6K2N6O14S2. The van der Waals surface area contributed by atoms with Crippen LogP contribution in [0.25, 0.3) is 33.9 Å². The van der Waals surface area contributed by atoms with Gasteiger partial charge in [-0.2, -0.15) is 36.5 Å². The van der Waals surface area contributed by atoms with Crippen LogP contribution in [0, 0.1) is 27.7 Å². The number of aliphatic hydroxyl groups is 1. The number of benzene rings is 4. The number of rotatable bonds is 15. The van der Waals surface area contributed by atoms with E-state index in [0.29, 0.717) is 49.0 Å². The molecule has 4 aliphatic carbocycles. The number of nitrogens with two attached hydrogens (primary N) is 1.